The van der Waals surface area contributed by atoms with Crippen molar-refractivity contribution in [3.8, 4) is 0 Å². The topological polar surface area (TPSA) is 38.3 Å². The first-order chi connectivity index (χ1) is 8.27. The second kappa shape index (κ2) is 7.85. The van der Waals surface area contributed by atoms with E-state index in [2.05, 4.69) is 12.2 Å². The Morgan fingerprint density at radius 1 is 1.29 bits per heavy atom. The van der Waals surface area contributed by atoms with Gasteiger partial charge in [0.25, 0.3) is 0 Å². The highest BCUT2D eigenvalue weighted by molar-refractivity contribution is 5.75. The van der Waals surface area contributed by atoms with Crippen molar-refractivity contribution >= 4 is 5.97 Å². The lowest BCUT2D eigenvalue weighted by atomic mass is 10.1. The number of ether oxygens (including phenoxy) is 1. The zero-order chi connectivity index (χ0) is 12.5. The molecule has 0 aromatic heterocycles. The molecule has 3 nitrogen and oxygen atoms in total. The normalized spacial score (nSPS) is 12.1. The van der Waals surface area contributed by atoms with E-state index in [1.807, 2.05) is 37.3 Å². The van der Waals surface area contributed by atoms with Crippen molar-refractivity contribution in [2.75, 3.05) is 6.54 Å². The van der Waals surface area contributed by atoms with Crippen LogP contribution in [-0.4, -0.2) is 18.6 Å². The van der Waals surface area contributed by atoms with Crippen LogP contribution in [-0.2, 0) is 16.1 Å². The van der Waals surface area contributed by atoms with Crippen LogP contribution in [0.2, 0.25) is 0 Å². The number of carbonyl (C=O) groups excluding carboxylic acids is 1. The van der Waals surface area contributed by atoms with Crippen LogP contribution in [0.15, 0.2) is 30.3 Å². The molecule has 0 bridgehead atoms. The van der Waals surface area contributed by atoms with E-state index in [0.29, 0.717) is 6.61 Å². The minimum absolute atomic E-state index is 0.155. The van der Waals surface area contributed by atoms with Crippen molar-refractivity contribution < 1.29 is 9.53 Å². The molecule has 1 N–H and O–H groups in total. The maximum absolute atomic E-state index is 11.8. The molecule has 1 aromatic rings. The molecule has 0 spiro atoms. The van der Waals surface area contributed by atoms with Crippen molar-refractivity contribution in [3.05, 3.63) is 35.9 Å². The molecule has 1 atom stereocenters. The van der Waals surface area contributed by atoms with Crippen LogP contribution >= 0.6 is 0 Å². The quantitative estimate of drug-likeness (QED) is 0.738. The van der Waals surface area contributed by atoms with Crippen molar-refractivity contribution in [2.24, 2.45) is 0 Å². The zero-order valence-electron chi connectivity index (χ0n) is 10.6. The molecule has 0 saturated heterocycles. The van der Waals surface area contributed by atoms with Gasteiger partial charge in [-0.05, 0) is 18.5 Å². The lowest BCUT2D eigenvalue weighted by molar-refractivity contribution is -0.147. The van der Waals surface area contributed by atoms with Gasteiger partial charge in [0.1, 0.15) is 12.6 Å². The summed E-state index contributed by atoms with van der Waals surface area (Å²) in [5, 5.41) is 3.15. The van der Waals surface area contributed by atoms with Gasteiger partial charge < -0.3 is 10.1 Å². The lowest BCUT2D eigenvalue weighted by Crippen LogP contribution is -2.37. The summed E-state index contributed by atoms with van der Waals surface area (Å²) in [5.41, 5.74) is 1.02. The number of rotatable bonds is 7. The Kier molecular flexibility index (Phi) is 6.33. The van der Waals surface area contributed by atoms with Gasteiger partial charge >= 0.3 is 5.97 Å². The number of hydrogen-bond donors (Lipinski definition) is 1. The van der Waals surface area contributed by atoms with Crippen molar-refractivity contribution in [2.45, 2.75) is 39.3 Å². The number of esters is 1. The Hall–Kier alpha value is -1.35. The monoisotopic (exact) mass is 235 g/mol. The Morgan fingerprint density at radius 2 is 2.00 bits per heavy atom. The Balaban J connectivity index is 2.41. The Bertz CT molecular complexity index is 318. The van der Waals surface area contributed by atoms with Gasteiger partial charge in [0, 0.05) is 0 Å². The number of benzene rings is 1. The van der Waals surface area contributed by atoms with Gasteiger partial charge in [-0.3, -0.25) is 4.79 Å². The van der Waals surface area contributed by atoms with E-state index in [4.69, 9.17) is 4.74 Å². The van der Waals surface area contributed by atoms with Gasteiger partial charge in [0.15, 0.2) is 0 Å². The fourth-order valence-electron chi connectivity index (χ4n) is 1.67. The van der Waals surface area contributed by atoms with Crippen LogP contribution in [0.4, 0.5) is 0 Å². The van der Waals surface area contributed by atoms with Crippen LogP contribution in [0.3, 0.4) is 0 Å². The summed E-state index contributed by atoms with van der Waals surface area (Å²) < 4.78 is 5.29. The fraction of sp³-hybridized carbons (Fsp3) is 0.500. The van der Waals surface area contributed by atoms with E-state index >= 15 is 0 Å². The molecule has 94 valence electrons. The Labute approximate surface area is 103 Å². The highest BCUT2D eigenvalue weighted by atomic mass is 16.5. The summed E-state index contributed by atoms with van der Waals surface area (Å²) in [4.78, 5) is 11.8. The molecule has 0 aliphatic carbocycles. The van der Waals surface area contributed by atoms with E-state index in [1.165, 1.54) is 0 Å². The molecule has 0 unspecified atom stereocenters. The summed E-state index contributed by atoms with van der Waals surface area (Å²) in [7, 11) is 0. The number of nitrogens with one attached hydrogen (secondary N) is 1. The molecule has 0 heterocycles. The first kappa shape index (κ1) is 13.7. The highest BCUT2D eigenvalue weighted by Crippen LogP contribution is 2.04. The smallest absolute Gasteiger partial charge is 0.323 e. The zero-order valence-corrected chi connectivity index (χ0v) is 10.6. The van der Waals surface area contributed by atoms with Gasteiger partial charge in [0.2, 0.25) is 0 Å². The molecule has 1 rings (SSSR count). The van der Waals surface area contributed by atoms with E-state index in [0.717, 1.165) is 24.9 Å². The summed E-state index contributed by atoms with van der Waals surface area (Å²) in [5.74, 6) is -0.155. The first-order valence-corrected chi connectivity index (χ1v) is 6.21. The van der Waals surface area contributed by atoms with Crippen molar-refractivity contribution in [1.29, 1.82) is 0 Å². The van der Waals surface area contributed by atoms with E-state index in [9.17, 15) is 4.79 Å². The summed E-state index contributed by atoms with van der Waals surface area (Å²) in [6.07, 6.45) is 1.79. The largest absolute Gasteiger partial charge is 0.460 e. The highest BCUT2D eigenvalue weighted by Gasteiger charge is 2.17. The van der Waals surface area contributed by atoms with Crippen LogP contribution in [0, 0.1) is 0 Å². The molecule has 17 heavy (non-hydrogen) atoms. The van der Waals surface area contributed by atoms with Gasteiger partial charge in [-0.15, -0.1) is 0 Å². The van der Waals surface area contributed by atoms with Gasteiger partial charge in [-0.25, -0.2) is 0 Å². The summed E-state index contributed by atoms with van der Waals surface area (Å²) in [6, 6.07) is 9.57. The van der Waals surface area contributed by atoms with Crippen molar-refractivity contribution in [1.82, 2.24) is 5.32 Å². The van der Waals surface area contributed by atoms with Crippen LogP contribution in [0.1, 0.15) is 32.3 Å². The standard InChI is InChI=1S/C14H21NO2/c1-3-8-13(15-4-2)14(16)17-11-12-9-6-5-7-10-12/h5-7,9-10,13,15H,3-4,8,11H2,1-2H3/t13-/m1/s1. The fourth-order valence-corrected chi connectivity index (χ4v) is 1.67. The van der Waals surface area contributed by atoms with Crippen molar-refractivity contribution in [3.63, 3.8) is 0 Å². The maximum atomic E-state index is 11.8. The third kappa shape index (κ3) is 5.00. The Morgan fingerprint density at radius 3 is 2.59 bits per heavy atom. The number of hydrogen-bond acceptors (Lipinski definition) is 3. The van der Waals surface area contributed by atoms with Gasteiger partial charge in [-0.1, -0.05) is 50.6 Å². The minimum Gasteiger partial charge on any atom is -0.460 e. The van der Waals surface area contributed by atoms with Crippen LogP contribution in [0.25, 0.3) is 0 Å². The number of likely N-dealkylation sites (N-methyl/N-ethyl adjacent to an activating group) is 1. The molecule has 0 radical (unpaired) electrons. The second-order valence-electron chi connectivity index (χ2n) is 3.99. The SMILES string of the molecule is CCC[C@@H](NCC)C(=O)OCc1ccccc1. The summed E-state index contributed by atoms with van der Waals surface area (Å²) >= 11 is 0. The lowest BCUT2D eigenvalue weighted by Gasteiger charge is -2.15. The third-order valence-corrected chi connectivity index (χ3v) is 2.54. The average Bonchev–Trinajstić information content (AvgIpc) is 2.37. The average molecular weight is 235 g/mol. The molecule has 0 aliphatic heterocycles. The van der Waals surface area contributed by atoms with Gasteiger partial charge in [-0.2, -0.15) is 0 Å². The molecular formula is C14H21NO2. The molecular weight excluding hydrogens is 214 g/mol. The minimum atomic E-state index is -0.172. The molecule has 3 heteroatoms. The molecule has 1 aromatic carbocycles. The second-order valence-corrected chi connectivity index (χ2v) is 3.99. The van der Waals surface area contributed by atoms with E-state index < -0.39 is 0 Å². The predicted octanol–water partition coefficient (Wildman–Crippen LogP) is 2.51. The van der Waals surface area contributed by atoms with Crippen LogP contribution in [0.5, 0.6) is 0 Å². The first-order valence-electron chi connectivity index (χ1n) is 6.21. The van der Waals surface area contributed by atoms with Crippen LogP contribution < -0.4 is 5.32 Å². The van der Waals surface area contributed by atoms with E-state index in [-0.39, 0.29) is 12.0 Å². The molecule has 0 saturated carbocycles. The predicted molar refractivity (Wildman–Crippen MR) is 68.6 cm³/mol. The molecule has 0 aliphatic rings. The van der Waals surface area contributed by atoms with Gasteiger partial charge in [0.05, 0.1) is 0 Å². The number of carbonyl (C=O) groups is 1. The molecule has 0 fully saturated rings. The summed E-state index contributed by atoms with van der Waals surface area (Å²) in [6.45, 7) is 5.19. The maximum Gasteiger partial charge on any atom is 0.323 e. The van der Waals surface area contributed by atoms with E-state index in [1.54, 1.807) is 0 Å². The third-order valence-electron chi connectivity index (χ3n) is 2.54. The molecule has 0 amide bonds.